The van der Waals surface area contributed by atoms with Crippen molar-refractivity contribution < 1.29 is 4.79 Å². The molecule has 0 spiro atoms. The third-order valence-electron chi connectivity index (χ3n) is 6.01. The molecule has 1 aliphatic rings. The molecule has 8 heteroatoms. The number of H-pyrrole nitrogens is 1. The lowest BCUT2D eigenvalue weighted by Crippen LogP contribution is -2.49. The Kier molecular flexibility index (Phi) is 5.13. The maximum atomic E-state index is 12.9. The van der Waals surface area contributed by atoms with Crippen molar-refractivity contribution in [3.05, 3.63) is 65.4 Å². The first kappa shape index (κ1) is 20.2. The summed E-state index contributed by atoms with van der Waals surface area (Å²) in [5.74, 6) is 2.53. The van der Waals surface area contributed by atoms with Crippen molar-refractivity contribution in [2.75, 3.05) is 31.1 Å². The third kappa shape index (κ3) is 3.84. The summed E-state index contributed by atoms with van der Waals surface area (Å²) >= 11 is 0. The number of amides is 1. The molecule has 32 heavy (non-hydrogen) atoms. The lowest BCUT2D eigenvalue weighted by molar-refractivity contribution is -0.130. The second-order valence-electron chi connectivity index (χ2n) is 8.37. The number of piperazine rings is 1. The highest BCUT2D eigenvalue weighted by atomic mass is 16.2. The molecule has 0 bridgehead atoms. The first-order valence-corrected chi connectivity index (χ1v) is 10.9. The largest absolute Gasteiger partial charge is 0.361 e. The number of aryl methyl sites for hydroxylation is 3. The number of hydrogen-bond acceptors (Lipinski definition) is 5. The molecule has 0 aliphatic carbocycles. The van der Waals surface area contributed by atoms with Gasteiger partial charge in [-0.3, -0.25) is 4.79 Å². The molecule has 1 fully saturated rings. The van der Waals surface area contributed by atoms with Gasteiger partial charge in [0.05, 0.1) is 12.1 Å². The Morgan fingerprint density at radius 3 is 2.50 bits per heavy atom. The lowest BCUT2D eigenvalue weighted by atomic mass is 10.1. The molecule has 1 N–H and O–H groups in total. The molecule has 1 aliphatic heterocycles. The van der Waals surface area contributed by atoms with Crippen LogP contribution in [-0.4, -0.2) is 61.7 Å². The summed E-state index contributed by atoms with van der Waals surface area (Å²) in [6, 6.07) is 12.1. The fourth-order valence-electron chi connectivity index (χ4n) is 4.41. The standard InChI is InChI=1S/C24H27N7O/c1-16-12-17(2)31(28-16)23-14-22(26-18(3)27-23)29-8-10-30(11-9-29)24(32)13-19-15-25-21-7-5-4-6-20(19)21/h4-7,12,14-15,25H,8-11,13H2,1-3H3. The number of aromatic amines is 1. The van der Waals surface area contributed by atoms with E-state index >= 15 is 0 Å². The van der Waals surface area contributed by atoms with Gasteiger partial charge in [-0.2, -0.15) is 5.10 Å². The minimum absolute atomic E-state index is 0.164. The quantitative estimate of drug-likeness (QED) is 0.539. The van der Waals surface area contributed by atoms with E-state index in [0.717, 1.165) is 52.6 Å². The fraction of sp³-hybridized carbons (Fsp3) is 0.333. The average Bonchev–Trinajstić information content (AvgIpc) is 3.35. The number of benzene rings is 1. The van der Waals surface area contributed by atoms with E-state index in [1.54, 1.807) is 0 Å². The first-order chi connectivity index (χ1) is 15.5. The van der Waals surface area contributed by atoms with E-state index in [1.807, 2.05) is 66.9 Å². The van der Waals surface area contributed by atoms with Crippen LogP contribution in [0.2, 0.25) is 0 Å². The number of anilines is 1. The van der Waals surface area contributed by atoms with E-state index in [4.69, 9.17) is 0 Å². The van der Waals surface area contributed by atoms with Crippen molar-refractivity contribution in [2.24, 2.45) is 0 Å². The van der Waals surface area contributed by atoms with Crippen LogP contribution >= 0.6 is 0 Å². The van der Waals surface area contributed by atoms with Gasteiger partial charge in [0.25, 0.3) is 0 Å². The van der Waals surface area contributed by atoms with Gasteiger partial charge in [-0.05, 0) is 38.5 Å². The summed E-state index contributed by atoms with van der Waals surface area (Å²) in [6.07, 6.45) is 2.36. The van der Waals surface area contributed by atoms with Gasteiger partial charge in [-0.25, -0.2) is 14.6 Å². The topological polar surface area (TPSA) is 82.9 Å². The number of para-hydroxylation sites is 1. The molecule has 0 atom stereocenters. The third-order valence-corrected chi connectivity index (χ3v) is 6.01. The number of fused-ring (bicyclic) bond motifs is 1. The highest BCUT2D eigenvalue weighted by Crippen LogP contribution is 2.21. The molecular formula is C24H27N7O. The Morgan fingerprint density at radius 2 is 1.75 bits per heavy atom. The Labute approximate surface area is 186 Å². The number of nitrogens with zero attached hydrogens (tertiary/aromatic N) is 6. The number of hydrogen-bond donors (Lipinski definition) is 1. The maximum Gasteiger partial charge on any atom is 0.227 e. The van der Waals surface area contributed by atoms with Crippen molar-refractivity contribution in [1.29, 1.82) is 0 Å². The molecule has 1 saturated heterocycles. The summed E-state index contributed by atoms with van der Waals surface area (Å²) in [4.78, 5) is 29.6. The van der Waals surface area contributed by atoms with E-state index < -0.39 is 0 Å². The van der Waals surface area contributed by atoms with Crippen molar-refractivity contribution in [2.45, 2.75) is 27.2 Å². The van der Waals surface area contributed by atoms with E-state index in [1.165, 1.54) is 0 Å². The van der Waals surface area contributed by atoms with E-state index in [2.05, 4.69) is 31.0 Å². The highest BCUT2D eigenvalue weighted by molar-refractivity contribution is 5.89. The lowest BCUT2D eigenvalue weighted by Gasteiger charge is -2.35. The predicted molar refractivity (Wildman–Crippen MR) is 124 cm³/mol. The molecule has 0 radical (unpaired) electrons. The average molecular weight is 430 g/mol. The van der Waals surface area contributed by atoms with Gasteiger partial charge in [-0.15, -0.1) is 0 Å². The number of rotatable bonds is 4. The SMILES string of the molecule is Cc1cc(C)n(-c2cc(N3CCN(C(=O)Cc4c[nH]c5ccccc45)CC3)nc(C)n2)n1. The van der Waals surface area contributed by atoms with Crippen LogP contribution in [0.1, 0.15) is 22.8 Å². The Balaban J connectivity index is 1.27. The predicted octanol–water partition coefficient (Wildman–Crippen LogP) is 2.96. The van der Waals surface area contributed by atoms with E-state index in [0.29, 0.717) is 25.3 Å². The van der Waals surface area contributed by atoms with Crippen LogP contribution in [0.5, 0.6) is 0 Å². The normalized spacial score (nSPS) is 14.3. The minimum atomic E-state index is 0.164. The van der Waals surface area contributed by atoms with Crippen molar-refractivity contribution >= 4 is 22.6 Å². The van der Waals surface area contributed by atoms with Crippen LogP contribution in [0, 0.1) is 20.8 Å². The number of carbonyl (C=O) groups is 1. The van der Waals surface area contributed by atoms with E-state index in [-0.39, 0.29) is 5.91 Å². The number of carbonyl (C=O) groups excluding carboxylic acids is 1. The maximum absolute atomic E-state index is 12.9. The molecule has 0 unspecified atom stereocenters. The molecule has 5 rings (SSSR count). The Morgan fingerprint density at radius 1 is 1.00 bits per heavy atom. The monoisotopic (exact) mass is 429 g/mol. The zero-order chi connectivity index (χ0) is 22.2. The zero-order valence-corrected chi connectivity index (χ0v) is 18.7. The Hall–Kier alpha value is -3.68. The van der Waals surface area contributed by atoms with Gasteiger partial charge < -0.3 is 14.8 Å². The van der Waals surface area contributed by atoms with Crippen LogP contribution in [0.3, 0.4) is 0 Å². The summed E-state index contributed by atoms with van der Waals surface area (Å²) in [5.41, 5.74) is 4.12. The summed E-state index contributed by atoms with van der Waals surface area (Å²) < 4.78 is 1.86. The van der Waals surface area contributed by atoms with Crippen LogP contribution in [0.25, 0.3) is 16.7 Å². The summed E-state index contributed by atoms with van der Waals surface area (Å²) in [7, 11) is 0. The van der Waals surface area contributed by atoms with Crippen molar-refractivity contribution in [3.8, 4) is 5.82 Å². The molecular weight excluding hydrogens is 402 g/mol. The summed E-state index contributed by atoms with van der Waals surface area (Å²) in [5, 5.41) is 5.67. The molecule has 8 nitrogen and oxygen atoms in total. The summed E-state index contributed by atoms with van der Waals surface area (Å²) in [6.45, 7) is 8.75. The van der Waals surface area contributed by atoms with Gasteiger partial charge in [0.15, 0.2) is 5.82 Å². The number of aromatic nitrogens is 5. The first-order valence-electron chi connectivity index (χ1n) is 10.9. The molecule has 164 valence electrons. The van der Waals surface area contributed by atoms with Crippen molar-refractivity contribution in [1.82, 2.24) is 29.6 Å². The van der Waals surface area contributed by atoms with Gasteiger partial charge >= 0.3 is 0 Å². The molecule has 0 saturated carbocycles. The molecule has 4 aromatic rings. The second-order valence-corrected chi connectivity index (χ2v) is 8.37. The fourth-order valence-corrected chi connectivity index (χ4v) is 4.41. The van der Waals surface area contributed by atoms with Crippen LogP contribution in [0.15, 0.2) is 42.6 Å². The molecule has 3 aromatic heterocycles. The smallest absolute Gasteiger partial charge is 0.227 e. The number of nitrogens with one attached hydrogen (secondary N) is 1. The highest BCUT2D eigenvalue weighted by Gasteiger charge is 2.23. The minimum Gasteiger partial charge on any atom is -0.361 e. The van der Waals surface area contributed by atoms with Crippen molar-refractivity contribution in [3.63, 3.8) is 0 Å². The van der Waals surface area contributed by atoms with E-state index in [9.17, 15) is 4.79 Å². The zero-order valence-electron chi connectivity index (χ0n) is 18.7. The van der Waals surface area contributed by atoms with Crippen LogP contribution in [-0.2, 0) is 11.2 Å². The molecule has 1 amide bonds. The second kappa shape index (κ2) is 8.11. The van der Waals surface area contributed by atoms with Gasteiger partial charge in [0.2, 0.25) is 5.91 Å². The Bertz CT molecular complexity index is 1280. The van der Waals surface area contributed by atoms with Crippen LogP contribution in [0.4, 0.5) is 5.82 Å². The molecule has 4 heterocycles. The molecule has 1 aromatic carbocycles. The van der Waals surface area contributed by atoms with Gasteiger partial charge in [0, 0.05) is 55.0 Å². The van der Waals surface area contributed by atoms with Gasteiger partial charge in [-0.1, -0.05) is 18.2 Å². The van der Waals surface area contributed by atoms with Gasteiger partial charge in [0.1, 0.15) is 11.6 Å². The van der Waals surface area contributed by atoms with Crippen LogP contribution < -0.4 is 4.90 Å².